The van der Waals surface area contributed by atoms with Crippen LogP contribution in [0.2, 0.25) is 0 Å². The zero-order valence-corrected chi connectivity index (χ0v) is 16.8. The first-order chi connectivity index (χ1) is 14.2. The summed E-state index contributed by atoms with van der Waals surface area (Å²) in [6, 6.07) is 17.4. The summed E-state index contributed by atoms with van der Waals surface area (Å²) in [5.74, 6) is 1.67. The van der Waals surface area contributed by atoms with Crippen molar-refractivity contribution in [1.29, 1.82) is 0 Å². The molecule has 152 valence electrons. The molecule has 0 saturated carbocycles. The van der Waals surface area contributed by atoms with Crippen LogP contribution >= 0.6 is 0 Å². The lowest BCUT2D eigenvalue weighted by molar-refractivity contribution is 0.225. The van der Waals surface area contributed by atoms with Crippen molar-refractivity contribution in [1.82, 2.24) is 9.88 Å². The summed E-state index contributed by atoms with van der Waals surface area (Å²) in [6.07, 6.45) is 0.947. The second-order valence-corrected chi connectivity index (χ2v) is 7.25. The van der Waals surface area contributed by atoms with Crippen molar-refractivity contribution in [2.24, 2.45) is 0 Å². The Balaban J connectivity index is 1.26. The van der Waals surface area contributed by atoms with E-state index in [1.54, 1.807) is 7.11 Å². The molecule has 1 N–H and O–H groups in total. The van der Waals surface area contributed by atoms with E-state index in [9.17, 15) is 4.79 Å². The van der Waals surface area contributed by atoms with Gasteiger partial charge >= 0.3 is 0 Å². The highest BCUT2D eigenvalue weighted by Gasteiger charge is 2.19. The number of piperazine rings is 1. The topological polar surface area (TPSA) is 57.8 Å². The fourth-order valence-electron chi connectivity index (χ4n) is 3.85. The number of hydrogen-bond donors (Lipinski definition) is 1. The number of para-hydroxylation sites is 3. The molecule has 0 amide bonds. The van der Waals surface area contributed by atoms with E-state index in [4.69, 9.17) is 9.47 Å². The molecule has 3 aromatic rings. The van der Waals surface area contributed by atoms with E-state index in [1.807, 2.05) is 36.4 Å². The standard InChI is InChI=1S/C23H27N3O3/c1-28-20-8-3-2-7-19(20)26-15-13-25(14-16-26)12-5-17-29-21-9-4-6-18-10-11-22(27)24-23(18)21/h2-4,6-11H,5,12-17H2,1H3,(H,24,27). The van der Waals surface area contributed by atoms with Gasteiger partial charge in [-0.2, -0.15) is 0 Å². The number of rotatable bonds is 7. The number of aromatic amines is 1. The Kier molecular flexibility index (Phi) is 6.00. The highest BCUT2D eigenvalue weighted by Crippen LogP contribution is 2.28. The average Bonchev–Trinajstić information content (AvgIpc) is 2.77. The second-order valence-electron chi connectivity index (χ2n) is 7.25. The Labute approximate surface area is 170 Å². The molecule has 0 unspecified atom stereocenters. The van der Waals surface area contributed by atoms with Gasteiger partial charge in [-0.15, -0.1) is 0 Å². The molecule has 1 aliphatic rings. The SMILES string of the molecule is COc1ccccc1N1CCN(CCCOc2cccc3ccc(=O)[nH]c23)CC1. The number of nitrogens with zero attached hydrogens (tertiary/aromatic N) is 2. The summed E-state index contributed by atoms with van der Waals surface area (Å²) >= 11 is 0. The van der Waals surface area contributed by atoms with E-state index >= 15 is 0 Å². The van der Waals surface area contributed by atoms with E-state index in [-0.39, 0.29) is 5.56 Å². The van der Waals surface area contributed by atoms with Crippen LogP contribution in [0.4, 0.5) is 5.69 Å². The number of benzene rings is 2. The molecule has 0 bridgehead atoms. The minimum absolute atomic E-state index is 0.110. The Bertz CT molecular complexity index is 1010. The lowest BCUT2D eigenvalue weighted by atomic mass is 10.2. The molecule has 1 aliphatic heterocycles. The maximum atomic E-state index is 11.6. The molecule has 2 heterocycles. The van der Waals surface area contributed by atoms with E-state index < -0.39 is 0 Å². The van der Waals surface area contributed by atoms with Crippen LogP contribution < -0.4 is 19.9 Å². The summed E-state index contributed by atoms with van der Waals surface area (Å²) in [6.45, 7) is 5.67. The predicted molar refractivity (Wildman–Crippen MR) is 116 cm³/mol. The minimum Gasteiger partial charge on any atom is -0.495 e. The molecule has 1 fully saturated rings. The molecule has 2 aromatic carbocycles. The lowest BCUT2D eigenvalue weighted by Gasteiger charge is -2.36. The number of ether oxygens (including phenoxy) is 2. The monoisotopic (exact) mass is 393 g/mol. The first kappa shape index (κ1) is 19.3. The summed E-state index contributed by atoms with van der Waals surface area (Å²) in [7, 11) is 1.72. The second kappa shape index (κ2) is 9.01. The molecule has 4 rings (SSSR count). The van der Waals surface area contributed by atoms with Gasteiger partial charge in [-0.05, 0) is 30.7 Å². The van der Waals surface area contributed by atoms with Gasteiger partial charge in [0, 0.05) is 44.2 Å². The Hall–Kier alpha value is -2.99. The van der Waals surface area contributed by atoms with Crippen LogP contribution in [0.15, 0.2) is 59.4 Å². The van der Waals surface area contributed by atoms with Crippen LogP contribution in [0, 0.1) is 0 Å². The number of nitrogens with one attached hydrogen (secondary N) is 1. The van der Waals surface area contributed by atoms with E-state index in [1.165, 1.54) is 11.8 Å². The third-order valence-corrected chi connectivity index (χ3v) is 5.40. The molecule has 29 heavy (non-hydrogen) atoms. The third kappa shape index (κ3) is 4.54. The molecule has 0 aliphatic carbocycles. The smallest absolute Gasteiger partial charge is 0.248 e. The number of aromatic nitrogens is 1. The zero-order valence-electron chi connectivity index (χ0n) is 16.8. The van der Waals surface area contributed by atoms with Crippen LogP contribution in [0.5, 0.6) is 11.5 Å². The molecule has 6 nitrogen and oxygen atoms in total. The highest BCUT2D eigenvalue weighted by molar-refractivity contribution is 5.84. The van der Waals surface area contributed by atoms with Gasteiger partial charge in [0.05, 0.1) is 24.9 Å². The predicted octanol–water partition coefficient (Wildman–Crippen LogP) is 3.13. The summed E-state index contributed by atoms with van der Waals surface area (Å²) in [4.78, 5) is 19.3. The van der Waals surface area contributed by atoms with Crippen LogP contribution in [0.25, 0.3) is 10.9 Å². The Morgan fingerprint density at radius 3 is 2.55 bits per heavy atom. The van der Waals surface area contributed by atoms with E-state index in [0.29, 0.717) is 6.61 Å². The molecular weight excluding hydrogens is 366 g/mol. The number of anilines is 1. The number of hydrogen-bond acceptors (Lipinski definition) is 5. The van der Waals surface area contributed by atoms with Gasteiger partial charge in [0.15, 0.2) is 0 Å². The number of pyridine rings is 1. The summed E-state index contributed by atoms with van der Waals surface area (Å²) in [5.41, 5.74) is 1.83. The average molecular weight is 393 g/mol. The normalized spacial score (nSPS) is 14.9. The fourth-order valence-corrected chi connectivity index (χ4v) is 3.85. The molecule has 0 radical (unpaired) electrons. The molecule has 1 saturated heterocycles. The first-order valence-corrected chi connectivity index (χ1v) is 10.1. The van der Waals surface area contributed by atoms with Gasteiger partial charge in [-0.1, -0.05) is 24.3 Å². The third-order valence-electron chi connectivity index (χ3n) is 5.40. The van der Waals surface area contributed by atoms with Crippen molar-refractivity contribution in [3.8, 4) is 11.5 Å². The van der Waals surface area contributed by atoms with E-state index in [0.717, 1.165) is 61.5 Å². The zero-order chi connectivity index (χ0) is 20.1. The minimum atomic E-state index is -0.110. The fraction of sp³-hybridized carbons (Fsp3) is 0.348. The van der Waals surface area contributed by atoms with Gasteiger partial charge in [-0.3, -0.25) is 9.69 Å². The van der Waals surface area contributed by atoms with Crippen molar-refractivity contribution in [2.45, 2.75) is 6.42 Å². The number of fused-ring (bicyclic) bond motifs is 1. The largest absolute Gasteiger partial charge is 0.495 e. The van der Waals surface area contributed by atoms with Crippen molar-refractivity contribution in [3.05, 3.63) is 65.0 Å². The van der Waals surface area contributed by atoms with Crippen molar-refractivity contribution >= 4 is 16.6 Å². The van der Waals surface area contributed by atoms with Crippen LogP contribution in [-0.4, -0.2) is 56.3 Å². The molecule has 6 heteroatoms. The first-order valence-electron chi connectivity index (χ1n) is 10.1. The van der Waals surface area contributed by atoms with E-state index in [2.05, 4.69) is 26.9 Å². The molecule has 0 atom stereocenters. The van der Waals surface area contributed by atoms with Crippen molar-refractivity contribution in [2.75, 3.05) is 51.3 Å². The molecule has 0 spiro atoms. The number of H-pyrrole nitrogens is 1. The van der Waals surface area contributed by atoms with Crippen molar-refractivity contribution < 1.29 is 9.47 Å². The van der Waals surface area contributed by atoms with Crippen molar-refractivity contribution in [3.63, 3.8) is 0 Å². The quantitative estimate of drug-likeness (QED) is 0.625. The molecule has 1 aromatic heterocycles. The van der Waals surface area contributed by atoms with Crippen LogP contribution in [-0.2, 0) is 0 Å². The van der Waals surface area contributed by atoms with Crippen LogP contribution in [0.3, 0.4) is 0 Å². The maximum absolute atomic E-state index is 11.6. The molecular formula is C23H27N3O3. The Morgan fingerprint density at radius 1 is 0.931 bits per heavy atom. The Morgan fingerprint density at radius 2 is 1.72 bits per heavy atom. The summed E-state index contributed by atoms with van der Waals surface area (Å²) in [5, 5.41) is 0.981. The highest BCUT2D eigenvalue weighted by atomic mass is 16.5. The van der Waals surface area contributed by atoms with Gasteiger partial charge < -0.3 is 19.4 Å². The maximum Gasteiger partial charge on any atom is 0.248 e. The van der Waals surface area contributed by atoms with Crippen LogP contribution in [0.1, 0.15) is 6.42 Å². The van der Waals surface area contributed by atoms with Gasteiger partial charge in [-0.25, -0.2) is 0 Å². The van der Waals surface area contributed by atoms with Gasteiger partial charge in [0.25, 0.3) is 0 Å². The number of methoxy groups -OCH3 is 1. The van der Waals surface area contributed by atoms with Gasteiger partial charge in [0.1, 0.15) is 11.5 Å². The lowest BCUT2D eigenvalue weighted by Crippen LogP contribution is -2.46. The summed E-state index contributed by atoms with van der Waals surface area (Å²) < 4.78 is 11.5. The van der Waals surface area contributed by atoms with Gasteiger partial charge in [0.2, 0.25) is 5.56 Å².